The Bertz CT molecular complexity index is 1070. The lowest BCUT2D eigenvalue weighted by molar-refractivity contribution is -0.131. The number of amides is 2. The molecule has 168 valence electrons. The van der Waals surface area contributed by atoms with Crippen LogP contribution in [0.4, 0.5) is 0 Å². The summed E-state index contributed by atoms with van der Waals surface area (Å²) in [6, 6.07) is 7.22. The van der Waals surface area contributed by atoms with Crippen molar-refractivity contribution in [3.8, 4) is 5.75 Å². The number of halogens is 1. The van der Waals surface area contributed by atoms with E-state index in [0.29, 0.717) is 30.3 Å². The quantitative estimate of drug-likeness (QED) is 0.569. The van der Waals surface area contributed by atoms with Gasteiger partial charge in [0.1, 0.15) is 17.4 Å². The molecule has 4 rings (SSSR count). The molecular weight excluding hydrogens is 450 g/mol. The van der Waals surface area contributed by atoms with Crippen LogP contribution in [0.3, 0.4) is 0 Å². The molecule has 0 saturated carbocycles. The largest absolute Gasteiger partial charge is 0.486 e. The van der Waals surface area contributed by atoms with Crippen LogP contribution in [0.2, 0.25) is 5.02 Å². The van der Waals surface area contributed by atoms with Gasteiger partial charge in [0.05, 0.1) is 23.9 Å². The van der Waals surface area contributed by atoms with Crippen molar-refractivity contribution < 1.29 is 14.3 Å². The zero-order valence-electron chi connectivity index (χ0n) is 17.7. The van der Waals surface area contributed by atoms with E-state index in [1.807, 2.05) is 22.4 Å². The minimum Gasteiger partial charge on any atom is -0.486 e. The number of carbonyl (C=O) groups excluding carboxylic acids is 2. The van der Waals surface area contributed by atoms with Gasteiger partial charge in [0.2, 0.25) is 5.91 Å². The SMILES string of the molecule is Cn1cc(C(=O)NC2CCN(C(=O)Cc3csc(COc4ccc(Cl)cc4)n3)CC2)cn1. The fourth-order valence-corrected chi connectivity index (χ4v) is 4.35. The molecule has 8 nitrogen and oxygen atoms in total. The van der Waals surface area contributed by atoms with Crippen molar-refractivity contribution in [2.45, 2.75) is 31.9 Å². The highest BCUT2D eigenvalue weighted by Gasteiger charge is 2.25. The first-order chi connectivity index (χ1) is 15.5. The first-order valence-electron chi connectivity index (χ1n) is 10.3. The minimum atomic E-state index is -0.126. The number of hydrogen-bond acceptors (Lipinski definition) is 6. The summed E-state index contributed by atoms with van der Waals surface area (Å²) in [5.41, 5.74) is 1.30. The standard InChI is InChI=1S/C22H24ClN5O3S/c1-27-12-15(11-24-27)22(30)26-17-6-8-28(9-7-17)21(29)10-18-14-32-20(25-18)13-31-19-4-2-16(23)3-5-19/h2-5,11-12,14,17H,6-10,13H2,1H3,(H,26,30). The van der Waals surface area contributed by atoms with Crippen molar-refractivity contribution in [2.75, 3.05) is 13.1 Å². The Kier molecular flexibility index (Phi) is 7.06. The zero-order valence-corrected chi connectivity index (χ0v) is 19.2. The first-order valence-corrected chi connectivity index (χ1v) is 11.6. The number of hydrogen-bond donors (Lipinski definition) is 1. The number of carbonyl (C=O) groups is 2. The Hall–Kier alpha value is -2.91. The van der Waals surface area contributed by atoms with Crippen molar-refractivity contribution in [3.05, 3.63) is 63.3 Å². The second-order valence-corrected chi connectivity index (χ2v) is 9.06. The molecule has 1 saturated heterocycles. The van der Waals surface area contributed by atoms with E-state index in [-0.39, 0.29) is 24.3 Å². The number of benzene rings is 1. The average molecular weight is 474 g/mol. The van der Waals surface area contributed by atoms with Gasteiger partial charge in [-0.3, -0.25) is 14.3 Å². The molecule has 10 heteroatoms. The highest BCUT2D eigenvalue weighted by Crippen LogP contribution is 2.19. The molecule has 0 radical (unpaired) electrons. The van der Waals surface area contributed by atoms with E-state index < -0.39 is 0 Å². The molecule has 3 heterocycles. The molecule has 3 aromatic rings. The van der Waals surface area contributed by atoms with E-state index in [9.17, 15) is 9.59 Å². The summed E-state index contributed by atoms with van der Waals surface area (Å²) in [6.07, 6.45) is 4.97. The third-order valence-electron chi connectivity index (χ3n) is 5.26. The van der Waals surface area contributed by atoms with Crippen LogP contribution in [0.5, 0.6) is 5.75 Å². The van der Waals surface area contributed by atoms with E-state index >= 15 is 0 Å². The molecular formula is C22H24ClN5O3S. The lowest BCUT2D eigenvalue weighted by Gasteiger charge is -2.32. The number of thiazole rings is 1. The number of ether oxygens (including phenoxy) is 1. The molecule has 1 N–H and O–H groups in total. The highest BCUT2D eigenvalue weighted by molar-refractivity contribution is 7.09. The lowest BCUT2D eigenvalue weighted by atomic mass is 10.0. The maximum Gasteiger partial charge on any atom is 0.254 e. The van der Waals surface area contributed by atoms with E-state index in [2.05, 4.69) is 15.4 Å². The van der Waals surface area contributed by atoms with Crippen molar-refractivity contribution in [1.82, 2.24) is 25.0 Å². The number of aryl methyl sites for hydroxylation is 1. The number of rotatable bonds is 7. The summed E-state index contributed by atoms with van der Waals surface area (Å²) in [4.78, 5) is 31.3. The summed E-state index contributed by atoms with van der Waals surface area (Å²) in [7, 11) is 1.78. The second-order valence-electron chi connectivity index (χ2n) is 7.68. The molecule has 1 aliphatic heterocycles. The molecule has 1 aliphatic rings. The summed E-state index contributed by atoms with van der Waals surface area (Å²) in [5, 5.41) is 10.4. The van der Waals surface area contributed by atoms with Gasteiger partial charge in [0.15, 0.2) is 0 Å². The van der Waals surface area contributed by atoms with Gasteiger partial charge in [-0.1, -0.05) is 11.6 Å². The number of likely N-dealkylation sites (tertiary alicyclic amines) is 1. The van der Waals surface area contributed by atoms with E-state index in [0.717, 1.165) is 29.3 Å². The molecule has 2 amide bonds. The third kappa shape index (κ3) is 5.86. The molecule has 0 spiro atoms. The normalized spacial score (nSPS) is 14.4. The molecule has 0 unspecified atom stereocenters. The predicted molar refractivity (Wildman–Crippen MR) is 122 cm³/mol. The summed E-state index contributed by atoms with van der Waals surface area (Å²) < 4.78 is 7.31. The van der Waals surface area contributed by atoms with Gasteiger partial charge in [-0.25, -0.2) is 4.98 Å². The van der Waals surface area contributed by atoms with Crippen LogP contribution in [-0.4, -0.2) is 50.6 Å². The monoisotopic (exact) mass is 473 g/mol. The predicted octanol–water partition coefficient (Wildman–Crippen LogP) is 3.07. The fraction of sp³-hybridized carbons (Fsp3) is 0.364. The Labute approximate surface area is 195 Å². The zero-order chi connectivity index (χ0) is 22.5. The van der Waals surface area contributed by atoms with Crippen molar-refractivity contribution >= 4 is 34.8 Å². The van der Waals surface area contributed by atoms with Crippen LogP contribution >= 0.6 is 22.9 Å². The van der Waals surface area contributed by atoms with Gasteiger partial charge in [-0.2, -0.15) is 5.10 Å². The summed E-state index contributed by atoms with van der Waals surface area (Å²) in [5.74, 6) is 0.650. The molecule has 2 aromatic heterocycles. The van der Waals surface area contributed by atoms with Crippen LogP contribution in [0.1, 0.15) is 33.9 Å². The van der Waals surface area contributed by atoms with Gasteiger partial charge in [0.25, 0.3) is 5.91 Å². The van der Waals surface area contributed by atoms with Crippen molar-refractivity contribution in [2.24, 2.45) is 7.05 Å². The number of piperidine rings is 1. The van der Waals surface area contributed by atoms with Gasteiger partial charge >= 0.3 is 0 Å². The average Bonchev–Trinajstić information content (AvgIpc) is 3.42. The van der Waals surface area contributed by atoms with Crippen LogP contribution in [0.25, 0.3) is 0 Å². The van der Waals surface area contributed by atoms with E-state index in [1.165, 1.54) is 11.3 Å². The fourth-order valence-electron chi connectivity index (χ4n) is 3.52. The molecule has 0 bridgehead atoms. The number of nitrogens with one attached hydrogen (secondary N) is 1. The molecule has 1 fully saturated rings. The van der Waals surface area contributed by atoms with Crippen LogP contribution in [0.15, 0.2) is 42.0 Å². The van der Waals surface area contributed by atoms with E-state index in [1.54, 1.807) is 36.3 Å². The molecule has 0 aliphatic carbocycles. The first kappa shape index (κ1) is 22.3. The molecule has 0 atom stereocenters. The van der Waals surface area contributed by atoms with Crippen LogP contribution in [-0.2, 0) is 24.9 Å². The van der Waals surface area contributed by atoms with Gasteiger partial charge < -0.3 is 15.0 Å². The number of aromatic nitrogens is 3. The Morgan fingerprint density at radius 1 is 1.25 bits per heavy atom. The van der Waals surface area contributed by atoms with Crippen LogP contribution in [0, 0.1) is 0 Å². The lowest BCUT2D eigenvalue weighted by Crippen LogP contribution is -2.46. The summed E-state index contributed by atoms with van der Waals surface area (Å²) >= 11 is 7.36. The third-order valence-corrected chi connectivity index (χ3v) is 6.38. The van der Waals surface area contributed by atoms with Crippen molar-refractivity contribution in [1.29, 1.82) is 0 Å². The van der Waals surface area contributed by atoms with Gasteiger partial charge in [-0.05, 0) is 37.1 Å². The Morgan fingerprint density at radius 2 is 2.00 bits per heavy atom. The summed E-state index contributed by atoms with van der Waals surface area (Å²) in [6.45, 7) is 1.59. The van der Waals surface area contributed by atoms with Gasteiger partial charge in [0, 0.05) is 42.8 Å². The minimum absolute atomic E-state index is 0.0532. The Balaban J connectivity index is 1.21. The molecule has 32 heavy (non-hydrogen) atoms. The highest BCUT2D eigenvalue weighted by atomic mass is 35.5. The van der Waals surface area contributed by atoms with Gasteiger partial charge in [-0.15, -0.1) is 11.3 Å². The maximum atomic E-state index is 12.7. The Morgan fingerprint density at radius 3 is 2.69 bits per heavy atom. The van der Waals surface area contributed by atoms with E-state index in [4.69, 9.17) is 16.3 Å². The second kappa shape index (κ2) is 10.1. The maximum absolute atomic E-state index is 12.7. The van der Waals surface area contributed by atoms with Crippen LogP contribution < -0.4 is 10.1 Å². The van der Waals surface area contributed by atoms with Crippen molar-refractivity contribution in [3.63, 3.8) is 0 Å². The topological polar surface area (TPSA) is 89.4 Å². The molecule has 1 aromatic carbocycles. The smallest absolute Gasteiger partial charge is 0.254 e. The number of nitrogens with zero attached hydrogens (tertiary/aromatic N) is 4.